The smallest absolute Gasteiger partial charge is 0.219 e. The van der Waals surface area contributed by atoms with Crippen LogP contribution in [0, 0.1) is 5.41 Å². The summed E-state index contributed by atoms with van der Waals surface area (Å²) in [4.78, 5) is 8.03. The van der Waals surface area contributed by atoms with Gasteiger partial charge in [0.1, 0.15) is 6.33 Å². The molecule has 3 heteroatoms. The summed E-state index contributed by atoms with van der Waals surface area (Å²) in [6.45, 7) is 6.54. The molecule has 0 atom stereocenters. The molecular weight excluding hydrogens is 164 g/mol. The van der Waals surface area contributed by atoms with Crippen molar-refractivity contribution in [2.45, 2.75) is 27.2 Å². The van der Waals surface area contributed by atoms with Crippen LogP contribution in [0.4, 0.5) is 0 Å². The van der Waals surface area contributed by atoms with Gasteiger partial charge in [0.15, 0.2) is 0 Å². The van der Waals surface area contributed by atoms with Crippen LogP contribution in [0.1, 0.15) is 26.3 Å². The highest BCUT2D eigenvalue weighted by Crippen LogP contribution is 2.24. The van der Waals surface area contributed by atoms with Crippen molar-refractivity contribution in [2.75, 3.05) is 7.11 Å². The van der Waals surface area contributed by atoms with E-state index < -0.39 is 0 Å². The van der Waals surface area contributed by atoms with Crippen LogP contribution >= 0.6 is 0 Å². The highest BCUT2D eigenvalue weighted by molar-refractivity contribution is 5.23. The Kier molecular flexibility index (Phi) is 2.86. The van der Waals surface area contributed by atoms with Crippen LogP contribution in [-0.2, 0) is 6.42 Å². The standard InChI is InChI=1S/C10H16N2O/c1-10(2,3)5-8-6-11-7-12-9(8)13-4/h6-7H,5H2,1-4H3. The molecule has 0 unspecified atom stereocenters. The van der Waals surface area contributed by atoms with Crippen molar-refractivity contribution in [1.29, 1.82) is 0 Å². The van der Waals surface area contributed by atoms with Crippen LogP contribution in [0.25, 0.3) is 0 Å². The van der Waals surface area contributed by atoms with E-state index in [0.29, 0.717) is 5.88 Å². The average molecular weight is 180 g/mol. The monoisotopic (exact) mass is 180 g/mol. The third kappa shape index (κ3) is 3.01. The van der Waals surface area contributed by atoms with Crippen molar-refractivity contribution in [1.82, 2.24) is 9.97 Å². The van der Waals surface area contributed by atoms with Gasteiger partial charge in [-0.2, -0.15) is 0 Å². The lowest BCUT2D eigenvalue weighted by molar-refractivity contribution is 0.366. The molecule has 0 aliphatic heterocycles. The molecule has 0 fully saturated rings. The number of aromatic nitrogens is 2. The maximum absolute atomic E-state index is 5.14. The van der Waals surface area contributed by atoms with Gasteiger partial charge in [-0.15, -0.1) is 0 Å². The second kappa shape index (κ2) is 3.73. The summed E-state index contributed by atoms with van der Waals surface area (Å²) in [6, 6.07) is 0. The summed E-state index contributed by atoms with van der Waals surface area (Å²) >= 11 is 0. The summed E-state index contributed by atoms with van der Waals surface area (Å²) in [6.07, 6.45) is 4.25. The first kappa shape index (κ1) is 9.96. The van der Waals surface area contributed by atoms with E-state index >= 15 is 0 Å². The molecule has 72 valence electrons. The van der Waals surface area contributed by atoms with Gasteiger partial charge in [-0.1, -0.05) is 20.8 Å². The molecule has 0 aliphatic carbocycles. The van der Waals surface area contributed by atoms with Gasteiger partial charge in [-0.25, -0.2) is 9.97 Å². The molecule has 0 saturated carbocycles. The molecule has 13 heavy (non-hydrogen) atoms. The van der Waals surface area contributed by atoms with Crippen LogP contribution < -0.4 is 4.74 Å². The van der Waals surface area contributed by atoms with Gasteiger partial charge in [-0.05, 0) is 11.8 Å². The normalized spacial score (nSPS) is 11.4. The molecule has 0 radical (unpaired) electrons. The minimum atomic E-state index is 0.234. The van der Waals surface area contributed by atoms with E-state index in [1.807, 2.05) is 6.20 Å². The Bertz CT molecular complexity index is 278. The second-order valence-corrected chi connectivity index (χ2v) is 4.29. The van der Waals surface area contributed by atoms with E-state index in [0.717, 1.165) is 12.0 Å². The number of methoxy groups -OCH3 is 1. The third-order valence-electron chi connectivity index (χ3n) is 1.66. The lowest BCUT2D eigenvalue weighted by Crippen LogP contribution is -2.11. The van der Waals surface area contributed by atoms with Gasteiger partial charge in [-0.3, -0.25) is 0 Å². The largest absolute Gasteiger partial charge is 0.481 e. The summed E-state index contributed by atoms with van der Waals surface area (Å²) in [5, 5.41) is 0. The molecular formula is C10H16N2O. The van der Waals surface area contributed by atoms with Crippen molar-refractivity contribution in [2.24, 2.45) is 5.41 Å². The fourth-order valence-electron chi connectivity index (χ4n) is 1.22. The van der Waals surface area contributed by atoms with Crippen molar-refractivity contribution in [3.8, 4) is 5.88 Å². The van der Waals surface area contributed by atoms with Crippen LogP contribution in [-0.4, -0.2) is 17.1 Å². The van der Waals surface area contributed by atoms with Crippen molar-refractivity contribution in [3.63, 3.8) is 0 Å². The Morgan fingerprint density at radius 1 is 1.38 bits per heavy atom. The molecule has 0 saturated heterocycles. The van der Waals surface area contributed by atoms with Gasteiger partial charge in [0.25, 0.3) is 0 Å². The SMILES string of the molecule is COc1ncncc1CC(C)(C)C. The van der Waals surface area contributed by atoms with Crippen LogP contribution in [0.2, 0.25) is 0 Å². The molecule has 0 N–H and O–H groups in total. The molecule has 1 heterocycles. The topological polar surface area (TPSA) is 35.0 Å². The lowest BCUT2D eigenvalue weighted by Gasteiger charge is -2.18. The van der Waals surface area contributed by atoms with E-state index in [1.54, 1.807) is 7.11 Å². The zero-order valence-electron chi connectivity index (χ0n) is 8.66. The maximum atomic E-state index is 5.14. The van der Waals surface area contributed by atoms with Crippen LogP contribution in [0.15, 0.2) is 12.5 Å². The predicted octanol–water partition coefficient (Wildman–Crippen LogP) is 2.07. The Labute approximate surface area is 79.2 Å². The molecule has 1 rings (SSSR count). The molecule has 1 aromatic heterocycles. The van der Waals surface area contributed by atoms with E-state index in [2.05, 4.69) is 30.7 Å². The summed E-state index contributed by atoms with van der Waals surface area (Å²) < 4.78 is 5.14. The first-order valence-corrected chi connectivity index (χ1v) is 4.36. The van der Waals surface area contributed by atoms with E-state index in [9.17, 15) is 0 Å². The fraction of sp³-hybridized carbons (Fsp3) is 0.600. The number of nitrogens with zero attached hydrogens (tertiary/aromatic N) is 2. The van der Waals surface area contributed by atoms with E-state index in [1.165, 1.54) is 6.33 Å². The maximum Gasteiger partial charge on any atom is 0.219 e. The summed E-state index contributed by atoms with van der Waals surface area (Å²) in [5.41, 5.74) is 1.30. The highest BCUT2D eigenvalue weighted by Gasteiger charge is 2.15. The Balaban J connectivity index is 2.87. The third-order valence-corrected chi connectivity index (χ3v) is 1.66. The zero-order valence-corrected chi connectivity index (χ0v) is 8.66. The fourth-order valence-corrected chi connectivity index (χ4v) is 1.22. The molecule has 0 bridgehead atoms. The van der Waals surface area contributed by atoms with Crippen molar-refractivity contribution < 1.29 is 4.74 Å². The van der Waals surface area contributed by atoms with Crippen molar-refractivity contribution in [3.05, 3.63) is 18.1 Å². The van der Waals surface area contributed by atoms with Gasteiger partial charge in [0, 0.05) is 11.8 Å². The molecule has 0 amide bonds. The molecule has 0 aliphatic rings. The first-order chi connectivity index (χ1) is 6.03. The molecule has 3 nitrogen and oxygen atoms in total. The highest BCUT2D eigenvalue weighted by atomic mass is 16.5. The van der Waals surface area contributed by atoms with Gasteiger partial charge >= 0.3 is 0 Å². The average Bonchev–Trinajstić information content (AvgIpc) is 2.02. The minimum Gasteiger partial charge on any atom is -0.481 e. The zero-order chi connectivity index (χ0) is 9.90. The first-order valence-electron chi connectivity index (χ1n) is 4.36. The lowest BCUT2D eigenvalue weighted by atomic mass is 9.89. The van der Waals surface area contributed by atoms with Crippen LogP contribution in [0.3, 0.4) is 0 Å². The second-order valence-electron chi connectivity index (χ2n) is 4.29. The molecule has 1 aromatic rings. The number of hydrogen-bond acceptors (Lipinski definition) is 3. The van der Waals surface area contributed by atoms with Gasteiger partial charge < -0.3 is 4.74 Å². The number of hydrogen-bond donors (Lipinski definition) is 0. The predicted molar refractivity (Wildman–Crippen MR) is 51.7 cm³/mol. The number of rotatable bonds is 2. The Hall–Kier alpha value is -1.12. The quantitative estimate of drug-likeness (QED) is 0.699. The Morgan fingerprint density at radius 3 is 2.62 bits per heavy atom. The summed E-state index contributed by atoms with van der Waals surface area (Å²) in [7, 11) is 1.63. The van der Waals surface area contributed by atoms with Crippen molar-refractivity contribution >= 4 is 0 Å². The van der Waals surface area contributed by atoms with Gasteiger partial charge in [0.2, 0.25) is 5.88 Å². The van der Waals surface area contributed by atoms with E-state index in [4.69, 9.17) is 4.74 Å². The van der Waals surface area contributed by atoms with Crippen LogP contribution in [0.5, 0.6) is 5.88 Å². The summed E-state index contributed by atoms with van der Waals surface area (Å²) in [5.74, 6) is 0.685. The van der Waals surface area contributed by atoms with Gasteiger partial charge in [0.05, 0.1) is 7.11 Å². The number of ether oxygens (including phenoxy) is 1. The molecule has 0 aromatic carbocycles. The minimum absolute atomic E-state index is 0.234. The van der Waals surface area contributed by atoms with E-state index in [-0.39, 0.29) is 5.41 Å². The molecule has 0 spiro atoms. The Morgan fingerprint density at radius 2 is 2.08 bits per heavy atom.